The Kier molecular flexibility index (Phi) is 6.16. The van der Waals surface area contributed by atoms with Crippen LogP contribution in [-0.2, 0) is 14.8 Å². The Hall–Kier alpha value is 0.120. The van der Waals surface area contributed by atoms with Crippen molar-refractivity contribution < 1.29 is 18.3 Å². The predicted molar refractivity (Wildman–Crippen MR) is 66.7 cm³/mol. The van der Waals surface area contributed by atoms with Crippen molar-refractivity contribution in [2.45, 2.75) is 31.2 Å². The van der Waals surface area contributed by atoms with E-state index >= 15 is 0 Å². The van der Waals surface area contributed by atoms with E-state index in [0.29, 0.717) is 44.8 Å². The molecule has 7 heteroatoms. The number of nitrogens with one attached hydrogen (secondary N) is 1. The summed E-state index contributed by atoms with van der Waals surface area (Å²) < 4.78 is 31.5. The number of hydrogen-bond donors (Lipinski definition) is 2. The number of aliphatic hydroxyl groups is 1. The maximum absolute atomic E-state index is 11.8. The summed E-state index contributed by atoms with van der Waals surface area (Å²) in [7, 11) is -3.35. The molecule has 0 aromatic carbocycles. The first-order chi connectivity index (χ1) is 8.04. The van der Waals surface area contributed by atoms with Crippen molar-refractivity contribution in [3.8, 4) is 0 Å². The fraction of sp³-hybridized carbons (Fsp3) is 1.00. The number of ether oxygens (including phenoxy) is 1. The van der Waals surface area contributed by atoms with Crippen LogP contribution in [0.3, 0.4) is 0 Å². The van der Waals surface area contributed by atoms with E-state index in [4.69, 9.17) is 16.3 Å². The lowest BCUT2D eigenvalue weighted by Crippen LogP contribution is -2.55. The summed E-state index contributed by atoms with van der Waals surface area (Å²) in [6, 6.07) is 0. The van der Waals surface area contributed by atoms with Gasteiger partial charge in [0.1, 0.15) is 0 Å². The average molecular weight is 286 g/mol. The van der Waals surface area contributed by atoms with E-state index in [-0.39, 0.29) is 12.4 Å². The van der Waals surface area contributed by atoms with Gasteiger partial charge in [0.05, 0.1) is 17.9 Å². The standard InChI is InChI=1S/C10H20ClNO4S/c11-5-1-2-8-17(14,15)12-10(9-13)3-6-16-7-4-10/h12-13H,1-9H2. The van der Waals surface area contributed by atoms with Crippen molar-refractivity contribution in [1.82, 2.24) is 4.72 Å². The van der Waals surface area contributed by atoms with Crippen LogP contribution in [0.25, 0.3) is 0 Å². The van der Waals surface area contributed by atoms with Crippen LogP contribution in [0.5, 0.6) is 0 Å². The summed E-state index contributed by atoms with van der Waals surface area (Å²) in [5.74, 6) is 0.525. The zero-order chi connectivity index (χ0) is 12.8. The highest BCUT2D eigenvalue weighted by Crippen LogP contribution is 2.21. The molecule has 0 aromatic heterocycles. The third kappa shape index (κ3) is 5.09. The first-order valence-electron chi connectivity index (χ1n) is 5.80. The van der Waals surface area contributed by atoms with Crippen molar-refractivity contribution in [1.29, 1.82) is 0 Å². The van der Waals surface area contributed by atoms with Gasteiger partial charge in [0.25, 0.3) is 0 Å². The van der Waals surface area contributed by atoms with Gasteiger partial charge < -0.3 is 9.84 Å². The van der Waals surface area contributed by atoms with Gasteiger partial charge in [-0.1, -0.05) is 0 Å². The lowest BCUT2D eigenvalue weighted by molar-refractivity contribution is 0.0223. The molecule has 17 heavy (non-hydrogen) atoms. The largest absolute Gasteiger partial charge is 0.394 e. The lowest BCUT2D eigenvalue weighted by Gasteiger charge is -2.35. The Morgan fingerprint density at radius 1 is 1.29 bits per heavy atom. The Morgan fingerprint density at radius 3 is 2.47 bits per heavy atom. The highest BCUT2D eigenvalue weighted by atomic mass is 35.5. The van der Waals surface area contributed by atoms with Crippen LogP contribution in [-0.4, -0.2) is 50.5 Å². The van der Waals surface area contributed by atoms with E-state index in [9.17, 15) is 13.5 Å². The molecule has 0 radical (unpaired) electrons. The minimum absolute atomic E-state index is 0.0579. The second kappa shape index (κ2) is 6.89. The van der Waals surface area contributed by atoms with Crippen LogP contribution in [0.15, 0.2) is 0 Å². The van der Waals surface area contributed by atoms with Crippen LogP contribution in [0.4, 0.5) is 0 Å². The van der Waals surface area contributed by atoms with Crippen LogP contribution < -0.4 is 4.72 Å². The zero-order valence-corrected chi connectivity index (χ0v) is 11.4. The number of sulfonamides is 1. The zero-order valence-electron chi connectivity index (χ0n) is 9.82. The van der Waals surface area contributed by atoms with Crippen molar-refractivity contribution in [3.05, 3.63) is 0 Å². The molecule has 0 bridgehead atoms. The van der Waals surface area contributed by atoms with Crippen molar-refractivity contribution in [2.75, 3.05) is 31.5 Å². The topological polar surface area (TPSA) is 75.6 Å². The molecule has 0 aromatic rings. The van der Waals surface area contributed by atoms with Crippen molar-refractivity contribution in [3.63, 3.8) is 0 Å². The van der Waals surface area contributed by atoms with Gasteiger partial charge in [-0.25, -0.2) is 13.1 Å². The van der Waals surface area contributed by atoms with Gasteiger partial charge in [0.2, 0.25) is 10.0 Å². The smallest absolute Gasteiger partial charge is 0.212 e. The van der Waals surface area contributed by atoms with Crippen LogP contribution >= 0.6 is 11.6 Å². The summed E-state index contributed by atoms with van der Waals surface area (Å²) in [5.41, 5.74) is -0.738. The molecule has 2 N–H and O–H groups in total. The lowest BCUT2D eigenvalue weighted by atomic mass is 9.93. The average Bonchev–Trinajstić information content (AvgIpc) is 2.30. The SMILES string of the molecule is O=S(=O)(CCCCCl)NC1(CO)CCOCC1. The van der Waals surface area contributed by atoms with E-state index in [1.807, 2.05) is 0 Å². The monoisotopic (exact) mass is 285 g/mol. The number of hydrogen-bond acceptors (Lipinski definition) is 4. The third-order valence-corrected chi connectivity index (χ3v) is 4.76. The molecule has 1 rings (SSSR count). The molecule has 1 saturated heterocycles. The minimum Gasteiger partial charge on any atom is -0.394 e. The molecule has 5 nitrogen and oxygen atoms in total. The quantitative estimate of drug-likeness (QED) is 0.527. The van der Waals surface area contributed by atoms with Gasteiger partial charge >= 0.3 is 0 Å². The number of rotatable bonds is 7. The van der Waals surface area contributed by atoms with Gasteiger partial charge in [-0.15, -0.1) is 11.6 Å². The molecule has 0 aliphatic carbocycles. The molecular formula is C10H20ClNO4S. The molecule has 0 unspecified atom stereocenters. The number of alkyl halides is 1. The van der Waals surface area contributed by atoms with Gasteiger partial charge in [-0.05, 0) is 25.7 Å². The Balaban J connectivity index is 2.54. The molecule has 0 amide bonds. The molecule has 1 aliphatic rings. The second-order valence-corrected chi connectivity index (χ2v) is 6.59. The highest BCUT2D eigenvalue weighted by molar-refractivity contribution is 7.89. The van der Waals surface area contributed by atoms with E-state index in [1.54, 1.807) is 0 Å². The molecule has 1 fully saturated rings. The Morgan fingerprint density at radius 2 is 1.94 bits per heavy atom. The Bertz CT molecular complexity index is 314. The summed E-state index contributed by atoms with van der Waals surface area (Å²) >= 11 is 5.51. The predicted octanol–water partition coefficient (Wildman–Crippen LogP) is 0.466. The fourth-order valence-electron chi connectivity index (χ4n) is 1.82. The van der Waals surface area contributed by atoms with Crippen LogP contribution in [0, 0.1) is 0 Å². The normalized spacial score (nSPS) is 20.4. The minimum atomic E-state index is -3.35. The Labute approximate surface area is 108 Å². The third-order valence-electron chi connectivity index (χ3n) is 2.92. The van der Waals surface area contributed by atoms with Crippen molar-refractivity contribution >= 4 is 21.6 Å². The van der Waals surface area contributed by atoms with Crippen LogP contribution in [0.1, 0.15) is 25.7 Å². The number of unbranched alkanes of at least 4 members (excludes halogenated alkanes) is 1. The summed E-state index contributed by atoms with van der Waals surface area (Å²) in [4.78, 5) is 0. The molecule has 1 heterocycles. The highest BCUT2D eigenvalue weighted by Gasteiger charge is 2.35. The van der Waals surface area contributed by atoms with E-state index in [0.717, 1.165) is 0 Å². The van der Waals surface area contributed by atoms with Gasteiger partial charge in [-0.3, -0.25) is 0 Å². The molecule has 1 aliphatic heterocycles. The van der Waals surface area contributed by atoms with E-state index < -0.39 is 15.6 Å². The van der Waals surface area contributed by atoms with Gasteiger partial charge in [0, 0.05) is 19.1 Å². The first kappa shape index (κ1) is 15.2. The summed E-state index contributed by atoms with van der Waals surface area (Å²) in [5, 5.41) is 9.37. The van der Waals surface area contributed by atoms with Gasteiger partial charge in [0.15, 0.2) is 0 Å². The van der Waals surface area contributed by atoms with Gasteiger partial charge in [-0.2, -0.15) is 0 Å². The molecular weight excluding hydrogens is 266 g/mol. The summed E-state index contributed by atoms with van der Waals surface area (Å²) in [6.45, 7) is 0.765. The maximum Gasteiger partial charge on any atom is 0.212 e. The molecule has 0 spiro atoms. The van der Waals surface area contributed by atoms with Crippen LogP contribution in [0.2, 0.25) is 0 Å². The van der Waals surface area contributed by atoms with E-state index in [2.05, 4.69) is 4.72 Å². The van der Waals surface area contributed by atoms with Crippen molar-refractivity contribution in [2.24, 2.45) is 0 Å². The summed E-state index contributed by atoms with van der Waals surface area (Å²) in [6.07, 6.45) is 2.24. The van der Waals surface area contributed by atoms with E-state index in [1.165, 1.54) is 0 Å². The first-order valence-corrected chi connectivity index (χ1v) is 7.98. The number of halogens is 1. The second-order valence-electron chi connectivity index (χ2n) is 4.37. The number of aliphatic hydroxyl groups excluding tert-OH is 1. The molecule has 102 valence electrons. The maximum atomic E-state index is 11.8. The fourth-order valence-corrected chi connectivity index (χ4v) is 3.63. The molecule has 0 atom stereocenters. The molecule has 0 saturated carbocycles.